The van der Waals surface area contributed by atoms with Crippen molar-refractivity contribution < 1.29 is 4.74 Å². The van der Waals surface area contributed by atoms with Crippen LogP contribution in [0.15, 0.2) is 41.6 Å². The van der Waals surface area contributed by atoms with Crippen molar-refractivity contribution in [3.05, 3.63) is 52.8 Å². The van der Waals surface area contributed by atoms with Crippen molar-refractivity contribution in [2.45, 2.75) is 32.4 Å². The number of hydrogen-bond acceptors (Lipinski definition) is 6. The first kappa shape index (κ1) is 18.0. The molecule has 4 heterocycles. The standard InChI is InChI=1S/C20H23N7O2/c1-13(2)27-17-6-4-3-5-16(17)25-12-22-19(18(25)20(27)28)26-11-14(23-24-26)9-15-10-21-7-8-29-15/h3-6,11-13,15,21H,7-10H2,1-2H3. The van der Waals surface area contributed by atoms with Crippen LogP contribution in [0.1, 0.15) is 25.6 Å². The molecule has 150 valence electrons. The number of hydrogen-bond donors (Lipinski definition) is 1. The van der Waals surface area contributed by atoms with Gasteiger partial charge in [-0.2, -0.15) is 4.68 Å². The van der Waals surface area contributed by atoms with Gasteiger partial charge in [-0.15, -0.1) is 5.10 Å². The lowest BCUT2D eigenvalue weighted by Crippen LogP contribution is -2.39. The van der Waals surface area contributed by atoms with Gasteiger partial charge in [0.1, 0.15) is 6.33 Å². The number of ether oxygens (including phenoxy) is 1. The summed E-state index contributed by atoms with van der Waals surface area (Å²) in [6, 6.07) is 7.87. The summed E-state index contributed by atoms with van der Waals surface area (Å²) in [5.74, 6) is 0.483. The molecule has 0 radical (unpaired) electrons. The normalized spacial score (nSPS) is 17.6. The van der Waals surface area contributed by atoms with Crippen molar-refractivity contribution >= 4 is 16.6 Å². The minimum atomic E-state index is -0.0944. The fourth-order valence-electron chi connectivity index (χ4n) is 3.98. The molecular weight excluding hydrogens is 370 g/mol. The van der Waals surface area contributed by atoms with Crippen molar-refractivity contribution in [3.8, 4) is 5.82 Å². The molecule has 1 aliphatic heterocycles. The Kier molecular flexibility index (Phi) is 4.40. The number of morpholine rings is 1. The Labute approximate surface area is 166 Å². The summed E-state index contributed by atoms with van der Waals surface area (Å²) in [5.41, 5.74) is 3.01. The van der Waals surface area contributed by atoms with Gasteiger partial charge < -0.3 is 14.6 Å². The van der Waals surface area contributed by atoms with Gasteiger partial charge >= 0.3 is 0 Å². The highest BCUT2D eigenvalue weighted by Crippen LogP contribution is 2.21. The molecule has 1 saturated heterocycles. The molecule has 9 heteroatoms. The molecule has 29 heavy (non-hydrogen) atoms. The number of para-hydroxylation sites is 2. The second-order valence-corrected chi connectivity index (χ2v) is 7.60. The Balaban J connectivity index is 1.62. The van der Waals surface area contributed by atoms with Crippen LogP contribution in [0.2, 0.25) is 0 Å². The first-order valence-corrected chi connectivity index (χ1v) is 9.87. The van der Waals surface area contributed by atoms with Gasteiger partial charge in [0.2, 0.25) is 0 Å². The molecule has 1 fully saturated rings. The van der Waals surface area contributed by atoms with Crippen molar-refractivity contribution in [2.24, 2.45) is 0 Å². The third-order valence-electron chi connectivity index (χ3n) is 5.29. The molecule has 4 aromatic rings. The highest BCUT2D eigenvalue weighted by Gasteiger charge is 2.20. The van der Waals surface area contributed by atoms with Gasteiger partial charge in [-0.1, -0.05) is 17.3 Å². The average molecular weight is 393 g/mol. The molecule has 9 nitrogen and oxygen atoms in total. The summed E-state index contributed by atoms with van der Waals surface area (Å²) in [6.07, 6.45) is 4.25. The lowest BCUT2D eigenvalue weighted by Gasteiger charge is -2.22. The van der Waals surface area contributed by atoms with Crippen LogP contribution in [-0.4, -0.2) is 54.7 Å². The van der Waals surface area contributed by atoms with Crippen LogP contribution in [-0.2, 0) is 11.2 Å². The third kappa shape index (κ3) is 3.02. The second kappa shape index (κ2) is 7.09. The molecule has 5 rings (SSSR count). The van der Waals surface area contributed by atoms with E-state index in [4.69, 9.17) is 4.74 Å². The van der Waals surface area contributed by atoms with Crippen LogP contribution < -0.4 is 10.9 Å². The van der Waals surface area contributed by atoms with Crippen LogP contribution in [0.25, 0.3) is 22.4 Å². The van der Waals surface area contributed by atoms with Crippen LogP contribution >= 0.6 is 0 Å². The van der Waals surface area contributed by atoms with Crippen LogP contribution in [0.4, 0.5) is 0 Å². The van der Waals surface area contributed by atoms with Crippen molar-refractivity contribution in [1.82, 2.24) is 34.3 Å². The van der Waals surface area contributed by atoms with E-state index in [1.807, 2.05) is 48.7 Å². The Hall–Kier alpha value is -3.04. The summed E-state index contributed by atoms with van der Waals surface area (Å²) in [5, 5.41) is 11.8. The Bertz CT molecular complexity index is 1230. The van der Waals surface area contributed by atoms with Gasteiger partial charge in [0.05, 0.1) is 35.6 Å². The fraction of sp³-hybridized carbons (Fsp3) is 0.400. The number of nitrogens with zero attached hydrogens (tertiary/aromatic N) is 6. The van der Waals surface area contributed by atoms with Crippen molar-refractivity contribution in [3.63, 3.8) is 0 Å². The van der Waals surface area contributed by atoms with E-state index in [-0.39, 0.29) is 17.7 Å². The highest BCUT2D eigenvalue weighted by atomic mass is 16.5. The van der Waals surface area contributed by atoms with E-state index >= 15 is 0 Å². The Morgan fingerprint density at radius 2 is 2.10 bits per heavy atom. The van der Waals surface area contributed by atoms with E-state index in [0.29, 0.717) is 24.4 Å². The molecule has 0 amide bonds. The Morgan fingerprint density at radius 1 is 1.28 bits per heavy atom. The van der Waals surface area contributed by atoms with Crippen molar-refractivity contribution in [1.29, 1.82) is 0 Å². The maximum atomic E-state index is 13.4. The first-order valence-electron chi connectivity index (χ1n) is 9.87. The average Bonchev–Trinajstić information content (AvgIpc) is 3.36. The zero-order chi connectivity index (χ0) is 20.0. The molecule has 0 spiro atoms. The zero-order valence-corrected chi connectivity index (χ0v) is 16.4. The van der Waals surface area contributed by atoms with E-state index < -0.39 is 0 Å². The predicted octanol–water partition coefficient (Wildman–Crippen LogP) is 1.34. The summed E-state index contributed by atoms with van der Waals surface area (Å²) in [6.45, 7) is 6.38. The molecule has 1 aromatic carbocycles. The lowest BCUT2D eigenvalue weighted by atomic mass is 10.2. The molecule has 1 aliphatic rings. The molecule has 1 atom stereocenters. The number of aromatic nitrogens is 6. The zero-order valence-electron chi connectivity index (χ0n) is 16.4. The number of imidazole rings is 1. The van der Waals surface area contributed by atoms with Crippen LogP contribution in [0.3, 0.4) is 0 Å². The van der Waals surface area contributed by atoms with E-state index in [1.54, 1.807) is 15.6 Å². The number of benzene rings is 1. The maximum Gasteiger partial charge on any atom is 0.279 e. The quantitative estimate of drug-likeness (QED) is 0.563. The second-order valence-electron chi connectivity index (χ2n) is 7.60. The molecule has 1 N–H and O–H groups in total. The van der Waals surface area contributed by atoms with E-state index in [0.717, 1.165) is 29.8 Å². The van der Waals surface area contributed by atoms with Gasteiger partial charge in [-0.3, -0.25) is 9.20 Å². The smallest absolute Gasteiger partial charge is 0.279 e. The van der Waals surface area contributed by atoms with Crippen molar-refractivity contribution in [2.75, 3.05) is 19.7 Å². The third-order valence-corrected chi connectivity index (χ3v) is 5.29. The van der Waals surface area contributed by atoms with Crippen LogP contribution in [0, 0.1) is 0 Å². The monoisotopic (exact) mass is 393 g/mol. The largest absolute Gasteiger partial charge is 0.375 e. The molecule has 1 unspecified atom stereocenters. The minimum Gasteiger partial charge on any atom is -0.375 e. The lowest BCUT2D eigenvalue weighted by molar-refractivity contribution is 0.0286. The number of fused-ring (bicyclic) bond motifs is 3. The van der Waals surface area contributed by atoms with Gasteiger partial charge in [0.15, 0.2) is 11.3 Å². The number of rotatable bonds is 4. The summed E-state index contributed by atoms with van der Waals surface area (Å²) >= 11 is 0. The highest BCUT2D eigenvalue weighted by molar-refractivity contribution is 5.80. The van der Waals surface area contributed by atoms with Gasteiger partial charge in [-0.05, 0) is 26.0 Å². The van der Waals surface area contributed by atoms with Gasteiger partial charge in [0.25, 0.3) is 5.56 Å². The molecular formula is C20H23N7O2. The molecule has 3 aromatic heterocycles. The fourth-order valence-corrected chi connectivity index (χ4v) is 3.98. The number of nitrogens with one attached hydrogen (secondary N) is 1. The minimum absolute atomic E-state index is 0.0161. The summed E-state index contributed by atoms with van der Waals surface area (Å²) in [7, 11) is 0. The first-order chi connectivity index (χ1) is 14.1. The topological polar surface area (TPSA) is 91.3 Å². The molecule has 0 saturated carbocycles. The maximum absolute atomic E-state index is 13.4. The molecule has 0 aliphatic carbocycles. The van der Waals surface area contributed by atoms with Crippen LogP contribution in [0.5, 0.6) is 0 Å². The Morgan fingerprint density at radius 3 is 2.86 bits per heavy atom. The van der Waals surface area contributed by atoms with E-state index in [1.165, 1.54) is 0 Å². The predicted molar refractivity (Wildman–Crippen MR) is 109 cm³/mol. The summed E-state index contributed by atoms with van der Waals surface area (Å²) in [4.78, 5) is 17.9. The molecule has 0 bridgehead atoms. The summed E-state index contributed by atoms with van der Waals surface area (Å²) < 4.78 is 11.0. The van der Waals surface area contributed by atoms with Gasteiger partial charge in [-0.25, -0.2) is 4.98 Å². The SMILES string of the molecule is CC(C)n1c(=O)c2c(-n3cc(CC4CNCCO4)nn3)ncn2c2ccccc21. The van der Waals surface area contributed by atoms with E-state index in [2.05, 4.69) is 20.6 Å². The van der Waals surface area contributed by atoms with Gasteiger partial charge in [0, 0.05) is 25.6 Å². The van der Waals surface area contributed by atoms with E-state index in [9.17, 15) is 4.79 Å².